The van der Waals surface area contributed by atoms with Crippen molar-refractivity contribution in [2.45, 2.75) is 5.75 Å². The Morgan fingerprint density at radius 3 is 2.58 bits per heavy atom. The van der Waals surface area contributed by atoms with Crippen molar-refractivity contribution in [3.63, 3.8) is 0 Å². The summed E-state index contributed by atoms with van der Waals surface area (Å²) in [6.45, 7) is 0. The minimum Gasteiger partial charge on any atom is -0.244 e. The summed E-state index contributed by atoms with van der Waals surface area (Å²) in [6.07, 6.45) is 1.22. The van der Waals surface area contributed by atoms with Gasteiger partial charge in [-0.1, -0.05) is 17.7 Å². The first kappa shape index (κ1) is 9.41. The van der Waals surface area contributed by atoms with Crippen LogP contribution in [0.4, 0.5) is 3.89 Å². The molecule has 0 saturated heterocycles. The molecule has 0 atom stereocenters. The van der Waals surface area contributed by atoms with E-state index in [1.165, 1.54) is 18.3 Å². The Bertz CT molecular complexity index is 362. The summed E-state index contributed by atoms with van der Waals surface area (Å²) in [5, 5.41) is 0.245. The normalized spacial score (nSPS) is 11.5. The third kappa shape index (κ3) is 3.15. The minimum absolute atomic E-state index is 0.245. The molecule has 12 heavy (non-hydrogen) atoms. The monoisotopic (exact) mass is 209 g/mol. The van der Waals surface area contributed by atoms with Crippen molar-refractivity contribution in [2.24, 2.45) is 0 Å². The molecular formula is C6H5ClFNO2S. The van der Waals surface area contributed by atoms with E-state index < -0.39 is 16.0 Å². The van der Waals surface area contributed by atoms with Crippen LogP contribution in [0, 0.1) is 0 Å². The largest absolute Gasteiger partial charge is 0.306 e. The van der Waals surface area contributed by atoms with Gasteiger partial charge in [0.05, 0.1) is 0 Å². The molecule has 0 aromatic carbocycles. The van der Waals surface area contributed by atoms with Crippen LogP contribution in [0.3, 0.4) is 0 Å². The fourth-order valence-corrected chi connectivity index (χ4v) is 1.37. The number of halogens is 2. The highest BCUT2D eigenvalue weighted by Crippen LogP contribution is 2.09. The Labute approximate surface area is 74.4 Å². The SMILES string of the molecule is O=S(=O)(F)Cc1ccc(Cl)nc1. The lowest BCUT2D eigenvalue weighted by Crippen LogP contribution is -1.96. The van der Waals surface area contributed by atoms with E-state index in [1.807, 2.05) is 0 Å². The number of pyridine rings is 1. The second kappa shape index (κ2) is 3.37. The molecule has 0 aliphatic heterocycles. The van der Waals surface area contributed by atoms with Crippen molar-refractivity contribution >= 4 is 21.8 Å². The van der Waals surface area contributed by atoms with E-state index >= 15 is 0 Å². The van der Waals surface area contributed by atoms with E-state index in [1.54, 1.807) is 0 Å². The van der Waals surface area contributed by atoms with Gasteiger partial charge < -0.3 is 0 Å². The van der Waals surface area contributed by atoms with Crippen LogP contribution in [0.25, 0.3) is 0 Å². The topological polar surface area (TPSA) is 47.0 Å². The van der Waals surface area contributed by atoms with Crippen LogP contribution in [0.1, 0.15) is 5.56 Å². The van der Waals surface area contributed by atoms with Crippen molar-refractivity contribution in [3.8, 4) is 0 Å². The quantitative estimate of drug-likeness (QED) is 0.548. The Morgan fingerprint density at radius 2 is 2.17 bits per heavy atom. The molecule has 0 aliphatic carbocycles. The summed E-state index contributed by atoms with van der Waals surface area (Å²) in [6, 6.07) is 2.81. The van der Waals surface area contributed by atoms with Crippen molar-refractivity contribution in [2.75, 3.05) is 0 Å². The van der Waals surface area contributed by atoms with Crippen molar-refractivity contribution in [1.29, 1.82) is 0 Å². The van der Waals surface area contributed by atoms with Crippen molar-refractivity contribution in [3.05, 3.63) is 29.0 Å². The van der Waals surface area contributed by atoms with E-state index in [9.17, 15) is 12.3 Å². The van der Waals surface area contributed by atoms with Crippen molar-refractivity contribution in [1.82, 2.24) is 4.98 Å². The smallest absolute Gasteiger partial charge is 0.244 e. The molecule has 66 valence electrons. The van der Waals surface area contributed by atoms with Gasteiger partial charge in [0.2, 0.25) is 0 Å². The third-order valence-electron chi connectivity index (χ3n) is 1.13. The highest BCUT2D eigenvalue weighted by atomic mass is 35.5. The van der Waals surface area contributed by atoms with E-state index in [0.29, 0.717) is 0 Å². The fourth-order valence-electron chi connectivity index (χ4n) is 0.691. The standard InChI is InChI=1S/C6H5ClFNO2S/c7-6-2-1-5(3-9-6)4-12(8,10)11/h1-3H,4H2. The molecule has 1 aromatic rings. The predicted molar refractivity (Wildman–Crippen MR) is 43.0 cm³/mol. The molecule has 1 rings (SSSR count). The van der Waals surface area contributed by atoms with E-state index in [0.717, 1.165) is 0 Å². The maximum absolute atomic E-state index is 12.1. The summed E-state index contributed by atoms with van der Waals surface area (Å²) in [4.78, 5) is 3.60. The van der Waals surface area contributed by atoms with Gasteiger partial charge in [0.25, 0.3) is 0 Å². The average Bonchev–Trinajstić information content (AvgIpc) is 1.91. The lowest BCUT2D eigenvalue weighted by Gasteiger charge is -1.95. The van der Waals surface area contributed by atoms with Gasteiger partial charge in [-0.3, -0.25) is 0 Å². The number of hydrogen-bond donors (Lipinski definition) is 0. The highest BCUT2D eigenvalue weighted by molar-refractivity contribution is 7.85. The molecule has 6 heteroatoms. The molecule has 0 N–H and O–H groups in total. The van der Waals surface area contributed by atoms with Gasteiger partial charge in [-0.25, -0.2) is 4.98 Å². The van der Waals surface area contributed by atoms with E-state index in [2.05, 4.69) is 4.98 Å². The number of nitrogens with zero attached hydrogens (tertiary/aromatic N) is 1. The zero-order chi connectivity index (χ0) is 9.19. The third-order valence-corrected chi connectivity index (χ3v) is 2.03. The molecule has 0 aliphatic rings. The summed E-state index contributed by atoms with van der Waals surface area (Å²) in [5.74, 6) is -0.656. The van der Waals surface area contributed by atoms with Crippen LogP contribution in [-0.4, -0.2) is 13.4 Å². The zero-order valence-electron chi connectivity index (χ0n) is 5.87. The minimum atomic E-state index is -4.47. The van der Waals surface area contributed by atoms with Gasteiger partial charge in [0, 0.05) is 6.20 Å². The molecule has 3 nitrogen and oxygen atoms in total. The Hall–Kier alpha value is -0.680. The van der Waals surface area contributed by atoms with E-state index in [-0.39, 0.29) is 10.7 Å². The summed E-state index contributed by atoms with van der Waals surface area (Å²) in [5.41, 5.74) is 0.280. The van der Waals surface area contributed by atoms with Gasteiger partial charge >= 0.3 is 10.2 Å². The van der Waals surface area contributed by atoms with Gasteiger partial charge in [0.15, 0.2) is 0 Å². The molecule has 0 radical (unpaired) electrons. The van der Waals surface area contributed by atoms with Crippen LogP contribution < -0.4 is 0 Å². The maximum Gasteiger partial charge on any atom is 0.306 e. The highest BCUT2D eigenvalue weighted by Gasteiger charge is 2.08. The molecule has 0 bridgehead atoms. The van der Waals surface area contributed by atoms with Crippen LogP contribution in [0.15, 0.2) is 18.3 Å². The molecule has 0 spiro atoms. The van der Waals surface area contributed by atoms with Gasteiger partial charge in [-0.2, -0.15) is 8.42 Å². The van der Waals surface area contributed by atoms with E-state index in [4.69, 9.17) is 11.6 Å². The Balaban J connectivity index is 2.85. The fraction of sp³-hybridized carbons (Fsp3) is 0.167. The second-order valence-corrected chi connectivity index (χ2v) is 3.93. The van der Waals surface area contributed by atoms with Gasteiger partial charge in [0.1, 0.15) is 10.9 Å². The molecule has 0 unspecified atom stereocenters. The van der Waals surface area contributed by atoms with Gasteiger partial charge in [-0.15, -0.1) is 3.89 Å². The van der Waals surface area contributed by atoms with Crippen molar-refractivity contribution < 1.29 is 12.3 Å². The first-order valence-corrected chi connectivity index (χ1v) is 4.93. The maximum atomic E-state index is 12.1. The number of rotatable bonds is 2. The van der Waals surface area contributed by atoms with Crippen LogP contribution in [0.2, 0.25) is 5.15 Å². The molecule has 1 heterocycles. The Kier molecular flexibility index (Phi) is 2.64. The summed E-state index contributed by atoms with van der Waals surface area (Å²) < 4.78 is 32.4. The first-order valence-electron chi connectivity index (χ1n) is 3.00. The first-order chi connectivity index (χ1) is 5.47. The van der Waals surface area contributed by atoms with Crippen LogP contribution in [-0.2, 0) is 16.0 Å². The van der Waals surface area contributed by atoms with Gasteiger partial charge in [-0.05, 0) is 11.6 Å². The van der Waals surface area contributed by atoms with Crippen LogP contribution in [0.5, 0.6) is 0 Å². The second-order valence-electron chi connectivity index (χ2n) is 2.17. The predicted octanol–water partition coefficient (Wildman–Crippen LogP) is 1.53. The summed E-state index contributed by atoms with van der Waals surface area (Å²) >= 11 is 5.43. The lowest BCUT2D eigenvalue weighted by atomic mass is 10.3. The Morgan fingerprint density at radius 1 is 1.50 bits per heavy atom. The number of aromatic nitrogens is 1. The molecule has 1 aromatic heterocycles. The molecule has 0 amide bonds. The average molecular weight is 210 g/mol. The summed E-state index contributed by atoms with van der Waals surface area (Å²) in [7, 11) is -4.47. The molecular weight excluding hydrogens is 205 g/mol. The molecule has 0 saturated carbocycles. The lowest BCUT2D eigenvalue weighted by molar-refractivity contribution is 0.551. The molecule has 0 fully saturated rings. The number of hydrogen-bond acceptors (Lipinski definition) is 3. The zero-order valence-corrected chi connectivity index (χ0v) is 7.44. The van der Waals surface area contributed by atoms with Crippen LogP contribution >= 0.6 is 11.6 Å².